The van der Waals surface area contributed by atoms with Crippen molar-refractivity contribution in [2.24, 2.45) is 4.99 Å². The van der Waals surface area contributed by atoms with Gasteiger partial charge in [0.05, 0.1) is 10.6 Å². The molecule has 0 atom stereocenters. The highest BCUT2D eigenvalue weighted by Crippen LogP contribution is 2.24. The fourth-order valence-electron chi connectivity index (χ4n) is 2.23. The van der Waals surface area contributed by atoms with Crippen LogP contribution in [-0.4, -0.2) is 16.2 Å². The minimum absolute atomic E-state index is 0.0777. The summed E-state index contributed by atoms with van der Waals surface area (Å²) >= 11 is 0. The maximum Gasteiger partial charge on any atom is 0.269 e. The first kappa shape index (κ1) is 15.4. The van der Waals surface area contributed by atoms with Crippen molar-refractivity contribution in [3.8, 4) is 16.9 Å². The average Bonchev–Trinajstić information content (AvgIpc) is 2.62. The number of phenolic OH excluding ortho intramolecular Hbond substituents is 1. The summed E-state index contributed by atoms with van der Waals surface area (Å²) in [6.45, 7) is 0. The molecule has 0 unspecified atom stereocenters. The first-order valence-corrected chi connectivity index (χ1v) is 7.30. The van der Waals surface area contributed by atoms with Crippen LogP contribution in [0.3, 0.4) is 0 Å². The van der Waals surface area contributed by atoms with Crippen LogP contribution >= 0.6 is 0 Å². The normalized spacial score (nSPS) is 10.8. The summed E-state index contributed by atoms with van der Waals surface area (Å²) in [4.78, 5) is 14.6. The Labute approximate surface area is 138 Å². The Kier molecular flexibility index (Phi) is 4.34. The van der Waals surface area contributed by atoms with Crippen LogP contribution in [0.1, 0.15) is 5.56 Å². The fraction of sp³-hybridized carbons (Fsp3) is 0. The van der Waals surface area contributed by atoms with Crippen LogP contribution in [0.25, 0.3) is 11.1 Å². The van der Waals surface area contributed by atoms with Crippen molar-refractivity contribution in [1.82, 2.24) is 0 Å². The summed E-state index contributed by atoms with van der Waals surface area (Å²) in [6, 6.07) is 20.8. The molecule has 5 heteroatoms. The second-order valence-electron chi connectivity index (χ2n) is 5.20. The molecule has 0 amide bonds. The molecule has 0 heterocycles. The highest BCUT2D eigenvalue weighted by molar-refractivity contribution is 5.82. The van der Waals surface area contributed by atoms with Crippen LogP contribution in [0.2, 0.25) is 0 Å². The molecule has 5 nitrogen and oxygen atoms in total. The summed E-state index contributed by atoms with van der Waals surface area (Å²) < 4.78 is 0. The lowest BCUT2D eigenvalue weighted by molar-refractivity contribution is -0.384. The maximum atomic E-state index is 10.7. The standard InChI is InChI=1S/C19H14N2O3/c22-19-11-1-14(2-12-19)13-20-17-7-3-15(4-8-17)16-5-9-18(10-6-16)21(23)24/h1-13,22H. The Hall–Kier alpha value is -3.47. The largest absolute Gasteiger partial charge is 0.508 e. The molecule has 0 aliphatic rings. The van der Waals surface area contributed by atoms with E-state index in [2.05, 4.69) is 4.99 Å². The molecule has 0 aliphatic carbocycles. The highest BCUT2D eigenvalue weighted by atomic mass is 16.6. The third-order valence-corrected chi connectivity index (χ3v) is 3.53. The van der Waals surface area contributed by atoms with Crippen molar-refractivity contribution >= 4 is 17.6 Å². The Bertz CT molecular complexity index is 868. The van der Waals surface area contributed by atoms with Crippen LogP contribution in [0.5, 0.6) is 5.75 Å². The number of benzene rings is 3. The maximum absolute atomic E-state index is 10.7. The third kappa shape index (κ3) is 3.64. The molecular formula is C19H14N2O3. The van der Waals surface area contributed by atoms with Crippen LogP contribution in [0.4, 0.5) is 11.4 Å². The Morgan fingerprint density at radius 2 is 1.38 bits per heavy atom. The van der Waals surface area contributed by atoms with E-state index in [0.717, 1.165) is 22.4 Å². The lowest BCUT2D eigenvalue weighted by atomic mass is 10.1. The topological polar surface area (TPSA) is 75.7 Å². The van der Waals surface area contributed by atoms with Crippen LogP contribution in [0, 0.1) is 10.1 Å². The second kappa shape index (κ2) is 6.75. The molecular weight excluding hydrogens is 304 g/mol. The van der Waals surface area contributed by atoms with Crippen molar-refractivity contribution in [3.63, 3.8) is 0 Å². The molecule has 3 aromatic rings. The van der Waals surface area contributed by atoms with E-state index in [-0.39, 0.29) is 11.4 Å². The monoisotopic (exact) mass is 318 g/mol. The molecule has 3 rings (SSSR count). The quantitative estimate of drug-likeness (QED) is 0.429. The zero-order valence-corrected chi connectivity index (χ0v) is 12.7. The average molecular weight is 318 g/mol. The van der Waals surface area contributed by atoms with Crippen LogP contribution in [0.15, 0.2) is 77.8 Å². The number of hydrogen-bond donors (Lipinski definition) is 1. The lowest BCUT2D eigenvalue weighted by Crippen LogP contribution is -1.87. The molecule has 0 radical (unpaired) electrons. The van der Waals surface area contributed by atoms with Crippen molar-refractivity contribution in [2.45, 2.75) is 0 Å². The van der Waals surface area contributed by atoms with E-state index in [1.54, 1.807) is 42.6 Å². The smallest absolute Gasteiger partial charge is 0.269 e. The van der Waals surface area contributed by atoms with Gasteiger partial charge < -0.3 is 5.11 Å². The molecule has 0 spiro atoms. The molecule has 0 saturated heterocycles. The molecule has 0 saturated carbocycles. The van der Waals surface area contributed by atoms with Gasteiger partial charge >= 0.3 is 0 Å². The predicted octanol–water partition coefficient (Wildman–Crippen LogP) is 4.72. The second-order valence-corrected chi connectivity index (χ2v) is 5.20. The van der Waals surface area contributed by atoms with Crippen molar-refractivity contribution in [1.29, 1.82) is 0 Å². The van der Waals surface area contributed by atoms with Gasteiger partial charge in [0.15, 0.2) is 0 Å². The highest BCUT2D eigenvalue weighted by Gasteiger charge is 2.05. The number of hydrogen-bond acceptors (Lipinski definition) is 4. The van der Waals surface area contributed by atoms with Crippen LogP contribution in [-0.2, 0) is 0 Å². The van der Waals surface area contributed by atoms with Gasteiger partial charge in [0.25, 0.3) is 5.69 Å². The number of nitro groups is 1. The van der Waals surface area contributed by atoms with Gasteiger partial charge in [0.1, 0.15) is 5.75 Å². The molecule has 0 bridgehead atoms. The number of non-ortho nitro benzene ring substituents is 1. The number of phenols is 1. The van der Waals surface area contributed by atoms with Gasteiger partial charge in [0.2, 0.25) is 0 Å². The minimum Gasteiger partial charge on any atom is -0.508 e. The Morgan fingerprint density at radius 1 is 0.833 bits per heavy atom. The number of aromatic hydroxyl groups is 1. The van der Waals surface area contributed by atoms with E-state index < -0.39 is 4.92 Å². The zero-order chi connectivity index (χ0) is 16.9. The molecule has 0 aromatic heterocycles. The van der Waals surface area contributed by atoms with Crippen molar-refractivity contribution in [2.75, 3.05) is 0 Å². The Balaban J connectivity index is 1.75. The van der Waals surface area contributed by atoms with E-state index in [4.69, 9.17) is 0 Å². The van der Waals surface area contributed by atoms with E-state index >= 15 is 0 Å². The predicted molar refractivity (Wildman–Crippen MR) is 93.9 cm³/mol. The fourth-order valence-corrected chi connectivity index (χ4v) is 2.23. The van der Waals surface area contributed by atoms with E-state index in [0.29, 0.717) is 0 Å². The van der Waals surface area contributed by atoms with Gasteiger partial charge in [-0.3, -0.25) is 15.1 Å². The van der Waals surface area contributed by atoms with Crippen LogP contribution < -0.4 is 0 Å². The molecule has 3 aromatic carbocycles. The molecule has 24 heavy (non-hydrogen) atoms. The first-order valence-electron chi connectivity index (χ1n) is 7.30. The minimum atomic E-state index is -0.412. The first-order chi connectivity index (χ1) is 11.6. The number of nitro benzene ring substituents is 1. The van der Waals surface area contributed by atoms with Gasteiger partial charge in [-0.2, -0.15) is 0 Å². The molecule has 118 valence electrons. The molecule has 1 N–H and O–H groups in total. The SMILES string of the molecule is O=[N+]([O-])c1ccc(-c2ccc(N=Cc3ccc(O)cc3)cc2)cc1. The van der Waals surface area contributed by atoms with Crippen molar-refractivity contribution < 1.29 is 10.0 Å². The van der Waals surface area contributed by atoms with Gasteiger partial charge in [-0.15, -0.1) is 0 Å². The third-order valence-electron chi connectivity index (χ3n) is 3.53. The van der Waals surface area contributed by atoms with Gasteiger partial charge in [-0.05, 0) is 65.2 Å². The summed E-state index contributed by atoms with van der Waals surface area (Å²) in [5, 5.41) is 19.9. The number of aliphatic imine (C=N–C) groups is 1. The lowest BCUT2D eigenvalue weighted by Gasteiger charge is -2.02. The summed E-state index contributed by atoms with van der Waals surface area (Å²) in [5.41, 5.74) is 3.65. The number of nitrogens with zero attached hydrogens (tertiary/aromatic N) is 2. The molecule has 0 fully saturated rings. The molecule has 0 aliphatic heterocycles. The van der Waals surface area contributed by atoms with Gasteiger partial charge in [-0.25, -0.2) is 0 Å². The van der Waals surface area contributed by atoms with Crippen molar-refractivity contribution in [3.05, 3.63) is 88.5 Å². The van der Waals surface area contributed by atoms with E-state index in [9.17, 15) is 15.2 Å². The summed E-state index contributed by atoms with van der Waals surface area (Å²) in [5.74, 6) is 0.222. The summed E-state index contributed by atoms with van der Waals surface area (Å²) in [6.07, 6.45) is 1.72. The summed E-state index contributed by atoms with van der Waals surface area (Å²) in [7, 11) is 0. The number of rotatable bonds is 4. The zero-order valence-electron chi connectivity index (χ0n) is 12.7. The van der Waals surface area contributed by atoms with E-state index in [1.165, 1.54) is 12.1 Å². The van der Waals surface area contributed by atoms with Gasteiger partial charge in [-0.1, -0.05) is 12.1 Å². The van der Waals surface area contributed by atoms with E-state index in [1.807, 2.05) is 24.3 Å². The Morgan fingerprint density at radius 3 is 1.92 bits per heavy atom. The van der Waals surface area contributed by atoms with Gasteiger partial charge in [0, 0.05) is 18.3 Å².